The third-order valence-electron chi connectivity index (χ3n) is 9.76. The van der Waals surface area contributed by atoms with Crippen LogP contribution in [0, 0.1) is 0 Å². The number of carbonyl (C=O) groups is 2. The first-order valence-corrected chi connectivity index (χ1v) is 27.8. The summed E-state index contributed by atoms with van der Waals surface area (Å²) in [4.78, 5) is 38.2. The fraction of sp³-hybridized carbons (Fsp3) is 0.480. The van der Waals surface area contributed by atoms with E-state index in [1.165, 1.54) is 51.9 Å². The highest BCUT2D eigenvalue weighted by atomic mass is 32.1. The van der Waals surface area contributed by atoms with Crippen molar-refractivity contribution >= 4 is 80.0 Å². The van der Waals surface area contributed by atoms with E-state index in [1.54, 1.807) is 59.6 Å². The van der Waals surface area contributed by atoms with Gasteiger partial charge in [-0.25, -0.2) is 9.59 Å². The standard InChI is InChI=1S/C50H62O14S6/c1-35(61-31-29-59-27-25-57-23-21-55-19-17-53-3)33-63-49(51)47-15-13-45(69-47)43-11-9-41(67-43)39-7-5-37(65-39)38-6-8-40(66-38)42-10-12-44(68-42)46-14-16-48(70-46)50(52)64-34-36(2)62-32-30-60-28-26-58-24-22-56-20-18-54-4/h5-16,35-36H,17-34H2,1-4H3/t35-,36-/m1/s1. The van der Waals surface area contributed by atoms with E-state index >= 15 is 0 Å². The fourth-order valence-electron chi connectivity index (χ4n) is 6.18. The maximum absolute atomic E-state index is 12.9. The van der Waals surface area contributed by atoms with E-state index in [2.05, 4.69) is 48.5 Å². The van der Waals surface area contributed by atoms with Gasteiger partial charge in [0.2, 0.25) is 0 Å². The van der Waals surface area contributed by atoms with E-state index in [0.29, 0.717) is 115 Å². The molecule has 0 spiro atoms. The Morgan fingerprint density at radius 1 is 0.343 bits per heavy atom. The van der Waals surface area contributed by atoms with Crippen molar-refractivity contribution in [3.63, 3.8) is 0 Å². The predicted octanol–water partition coefficient (Wildman–Crippen LogP) is 10.9. The zero-order chi connectivity index (χ0) is 49.2. The second-order valence-corrected chi connectivity index (χ2v) is 21.7. The minimum Gasteiger partial charge on any atom is -0.459 e. The van der Waals surface area contributed by atoms with Crippen LogP contribution < -0.4 is 0 Å². The number of esters is 2. The Kier molecular flexibility index (Phi) is 25.6. The third-order valence-corrected chi connectivity index (χ3v) is 17.2. The summed E-state index contributed by atoms with van der Waals surface area (Å²) in [6.07, 6.45) is -0.528. The molecule has 14 nitrogen and oxygen atoms in total. The number of carbonyl (C=O) groups excluding carboxylic acids is 2. The van der Waals surface area contributed by atoms with E-state index in [9.17, 15) is 9.59 Å². The van der Waals surface area contributed by atoms with Crippen LogP contribution in [0.15, 0.2) is 72.8 Å². The second kappa shape index (κ2) is 32.0. The lowest BCUT2D eigenvalue weighted by Gasteiger charge is -2.13. The monoisotopic (exact) mass is 1080 g/mol. The van der Waals surface area contributed by atoms with Gasteiger partial charge in [-0.15, -0.1) is 68.0 Å². The molecule has 0 amide bonds. The van der Waals surface area contributed by atoms with Crippen molar-refractivity contribution in [1.82, 2.24) is 0 Å². The van der Waals surface area contributed by atoms with Crippen LogP contribution in [0.25, 0.3) is 48.8 Å². The summed E-state index contributed by atoms with van der Waals surface area (Å²) in [5.41, 5.74) is 0. The molecule has 6 rings (SSSR count). The van der Waals surface area contributed by atoms with Crippen molar-refractivity contribution in [2.45, 2.75) is 26.1 Å². The molecule has 0 bridgehead atoms. The van der Waals surface area contributed by atoms with Crippen LogP contribution in [-0.2, 0) is 56.8 Å². The first-order valence-electron chi connectivity index (χ1n) is 22.9. The van der Waals surface area contributed by atoms with Gasteiger partial charge in [-0.1, -0.05) is 0 Å². The zero-order valence-electron chi connectivity index (χ0n) is 40.0. The van der Waals surface area contributed by atoms with E-state index in [1.807, 2.05) is 38.1 Å². The first kappa shape index (κ1) is 56.0. The molecule has 0 radical (unpaired) electrons. The van der Waals surface area contributed by atoms with E-state index in [0.717, 1.165) is 19.5 Å². The fourth-order valence-corrected chi connectivity index (χ4v) is 12.5. The van der Waals surface area contributed by atoms with Gasteiger partial charge in [0.15, 0.2) is 0 Å². The van der Waals surface area contributed by atoms with Gasteiger partial charge in [-0.05, 0) is 86.6 Å². The second-order valence-electron chi connectivity index (χ2n) is 15.2. The Morgan fingerprint density at radius 2 is 0.571 bits per heavy atom. The lowest BCUT2D eigenvalue weighted by molar-refractivity contribution is -0.0336. The number of rotatable bonds is 37. The molecule has 0 aliphatic heterocycles. The SMILES string of the molecule is COCCOCCOCCOCCO[C@H](C)COC(=O)c1ccc(-c2ccc(-c3ccc(-c4ccc(-c5ccc(-c6ccc(C(=O)OC[C@@H](C)OCCOCCOCCOCCOC)s6)s5)s4)s3)s2)s1. The van der Waals surface area contributed by atoms with Crippen molar-refractivity contribution < 1.29 is 66.4 Å². The Bertz CT molecular complexity index is 2210. The van der Waals surface area contributed by atoms with E-state index < -0.39 is 0 Å². The minimum absolute atomic E-state index is 0.153. The van der Waals surface area contributed by atoms with E-state index in [-0.39, 0.29) is 37.4 Å². The molecule has 0 fully saturated rings. The quantitative estimate of drug-likeness (QED) is 0.0269. The molecule has 6 heterocycles. The van der Waals surface area contributed by atoms with Gasteiger partial charge in [0, 0.05) is 63.0 Å². The molecule has 0 aromatic carbocycles. The molecule has 0 aliphatic carbocycles. The highest BCUT2D eigenvalue weighted by Gasteiger charge is 2.18. The topological polar surface area (TPSA) is 145 Å². The molecule has 382 valence electrons. The van der Waals surface area contributed by atoms with Gasteiger partial charge in [-0.2, -0.15) is 0 Å². The zero-order valence-corrected chi connectivity index (χ0v) is 44.9. The maximum Gasteiger partial charge on any atom is 0.348 e. The van der Waals surface area contributed by atoms with Crippen molar-refractivity contribution in [1.29, 1.82) is 0 Å². The number of methoxy groups -OCH3 is 2. The molecule has 0 aliphatic rings. The summed E-state index contributed by atoms with van der Waals surface area (Å²) in [5.74, 6) is -0.722. The molecule has 6 aromatic rings. The van der Waals surface area contributed by atoms with Gasteiger partial charge >= 0.3 is 11.9 Å². The predicted molar refractivity (Wildman–Crippen MR) is 281 cm³/mol. The molecular weight excluding hydrogens is 1020 g/mol. The van der Waals surface area contributed by atoms with Crippen LogP contribution in [0.5, 0.6) is 0 Å². The molecule has 0 saturated carbocycles. The third kappa shape index (κ3) is 19.3. The normalized spacial score (nSPS) is 12.5. The van der Waals surface area contributed by atoms with Gasteiger partial charge in [0.1, 0.15) is 23.0 Å². The summed E-state index contributed by atoms with van der Waals surface area (Å²) in [5, 5.41) is 0. The molecule has 70 heavy (non-hydrogen) atoms. The Morgan fingerprint density at radius 3 is 0.843 bits per heavy atom. The molecule has 6 aromatic heterocycles. The average molecular weight is 1080 g/mol. The average Bonchev–Trinajstić information content (AvgIpc) is 4.22. The van der Waals surface area contributed by atoms with Crippen LogP contribution in [0.3, 0.4) is 0 Å². The highest BCUT2D eigenvalue weighted by molar-refractivity contribution is 7.30. The number of hydrogen-bond acceptors (Lipinski definition) is 20. The van der Waals surface area contributed by atoms with Crippen LogP contribution in [0.4, 0.5) is 0 Å². The lowest BCUT2D eigenvalue weighted by Crippen LogP contribution is -2.21. The molecule has 0 N–H and O–H groups in total. The van der Waals surface area contributed by atoms with Crippen molar-refractivity contribution in [2.75, 3.05) is 133 Å². The minimum atomic E-state index is -0.361. The molecule has 0 saturated heterocycles. The van der Waals surface area contributed by atoms with Gasteiger partial charge in [0.25, 0.3) is 0 Å². The summed E-state index contributed by atoms with van der Waals surface area (Å²) in [7, 11) is 3.28. The summed E-state index contributed by atoms with van der Waals surface area (Å²) >= 11 is 9.81. The first-order chi connectivity index (χ1) is 34.3. The van der Waals surface area contributed by atoms with Crippen LogP contribution in [0.1, 0.15) is 33.2 Å². The molecule has 20 heteroatoms. The van der Waals surface area contributed by atoms with E-state index in [4.69, 9.17) is 56.8 Å². The largest absolute Gasteiger partial charge is 0.459 e. The Balaban J connectivity index is 0.873. The Labute approximate surface area is 434 Å². The van der Waals surface area contributed by atoms with Gasteiger partial charge in [-0.3, -0.25) is 0 Å². The smallest absolute Gasteiger partial charge is 0.348 e. The number of hydrogen-bond donors (Lipinski definition) is 0. The number of thiophene rings is 6. The van der Waals surface area contributed by atoms with Crippen LogP contribution in [0.2, 0.25) is 0 Å². The number of ether oxygens (including phenoxy) is 12. The summed E-state index contributed by atoms with van der Waals surface area (Å²) in [6, 6.07) is 24.8. The van der Waals surface area contributed by atoms with Gasteiger partial charge in [0.05, 0.1) is 118 Å². The molecular formula is C50H62O14S6. The summed E-state index contributed by atoms with van der Waals surface area (Å²) in [6.45, 7) is 11.9. The van der Waals surface area contributed by atoms with Crippen molar-refractivity contribution in [2.24, 2.45) is 0 Å². The summed E-state index contributed by atoms with van der Waals surface area (Å²) < 4.78 is 65.2. The van der Waals surface area contributed by atoms with Crippen molar-refractivity contribution in [3.05, 3.63) is 82.6 Å². The molecule has 0 unspecified atom stereocenters. The Hall–Kier alpha value is -3.26. The van der Waals surface area contributed by atoms with Crippen LogP contribution in [-0.4, -0.2) is 157 Å². The maximum atomic E-state index is 12.9. The lowest BCUT2D eigenvalue weighted by atomic mass is 10.3. The molecule has 2 atom stereocenters. The van der Waals surface area contributed by atoms with Crippen molar-refractivity contribution in [3.8, 4) is 48.8 Å². The highest BCUT2D eigenvalue weighted by Crippen LogP contribution is 2.46. The van der Waals surface area contributed by atoms with Crippen LogP contribution >= 0.6 is 68.0 Å². The van der Waals surface area contributed by atoms with Gasteiger partial charge < -0.3 is 56.8 Å².